The van der Waals surface area contributed by atoms with Crippen LogP contribution in [-0.2, 0) is 35.9 Å². The van der Waals surface area contributed by atoms with Crippen molar-refractivity contribution in [2.75, 3.05) is 32.9 Å². The molecule has 15 heteroatoms. The van der Waals surface area contributed by atoms with E-state index in [0.29, 0.717) is 49.6 Å². The Kier molecular flexibility index (Phi) is 9.37. The summed E-state index contributed by atoms with van der Waals surface area (Å²) in [5, 5.41) is 13.0. The van der Waals surface area contributed by atoms with E-state index in [1.54, 1.807) is 34.9 Å². The number of hydrogen-bond donors (Lipinski definition) is 2. The molecule has 1 unspecified atom stereocenters. The summed E-state index contributed by atoms with van der Waals surface area (Å²) in [6.07, 6.45) is 2.09. The van der Waals surface area contributed by atoms with Gasteiger partial charge in [-0.1, -0.05) is 18.2 Å². The monoisotopic (exact) mass is 689 g/mol. The highest BCUT2D eigenvalue weighted by Crippen LogP contribution is 2.37. The van der Waals surface area contributed by atoms with Gasteiger partial charge in [0.25, 0.3) is 0 Å². The van der Waals surface area contributed by atoms with Crippen molar-refractivity contribution < 1.29 is 40.9 Å². The van der Waals surface area contributed by atoms with Crippen molar-refractivity contribution in [2.24, 2.45) is 0 Å². The molecule has 6 rings (SSSR count). The van der Waals surface area contributed by atoms with Crippen molar-refractivity contribution in [3.8, 4) is 5.75 Å². The van der Waals surface area contributed by atoms with Gasteiger partial charge in [0.05, 0.1) is 33.9 Å². The zero-order chi connectivity index (χ0) is 33.4. The summed E-state index contributed by atoms with van der Waals surface area (Å²) >= 11 is 0. The van der Waals surface area contributed by atoms with Gasteiger partial charge in [-0.15, -0.1) is 0 Å². The van der Waals surface area contributed by atoms with Gasteiger partial charge in [0.1, 0.15) is 30.0 Å². The molecule has 0 radical (unpaired) electrons. The van der Waals surface area contributed by atoms with Gasteiger partial charge < -0.3 is 29.2 Å². The van der Waals surface area contributed by atoms with Crippen molar-refractivity contribution in [2.45, 2.75) is 78.4 Å². The molecular weight excluding hydrogens is 650 g/mol. The molecule has 1 aromatic heterocycles. The van der Waals surface area contributed by atoms with Crippen molar-refractivity contribution in [1.29, 1.82) is 0 Å². The molecule has 2 aliphatic heterocycles. The number of aliphatic hydroxyl groups is 1. The first kappa shape index (κ1) is 33.4. The fourth-order valence-corrected chi connectivity index (χ4v) is 9.49. The number of nitrogens with one attached hydrogen (secondary N) is 1. The second kappa shape index (κ2) is 13.2. The van der Waals surface area contributed by atoms with Gasteiger partial charge in [0.2, 0.25) is 15.5 Å². The van der Waals surface area contributed by atoms with E-state index in [1.165, 1.54) is 22.6 Å². The number of aromatic nitrogens is 1. The first-order chi connectivity index (χ1) is 22.4. The van der Waals surface area contributed by atoms with Gasteiger partial charge in [-0.2, -0.15) is 4.31 Å². The van der Waals surface area contributed by atoms with Gasteiger partial charge in [0.15, 0.2) is 9.84 Å². The number of benzene rings is 2. The maximum atomic E-state index is 13.6. The van der Waals surface area contributed by atoms with E-state index in [9.17, 15) is 31.5 Å². The molecule has 2 aromatic carbocycles. The Labute approximate surface area is 273 Å². The molecule has 254 valence electrons. The predicted octanol–water partition coefficient (Wildman–Crippen LogP) is 2.44. The first-order valence-corrected chi connectivity index (χ1v) is 18.7. The number of hydrogen-bond acceptors (Lipinski definition) is 10. The van der Waals surface area contributed by atoms with Crippen molar-refractivity contribution in [3.63, 3.8) is 0 Å². The summed E-state index contributed by atoms with van der Waals surface area (Å²) in [4.78, 5) is 25.6. The fraction of sp³-hybridized carbons (Fsp3) is 0.500. The number of aliphatic hydroxyl groups excluding tert-OH is 1. The van der Waals surface area contributed by atoms with Crippen LogP contribution < -0.4 is 15.5 Å². The van der Waals surface area contributed by atoms with Gasteiger partial charge in [-0.3, -0.25) is 4.79 Å². The summed E-state index contributed by atoms with van der Waals surface area (Å²) in [6.45, 7) is 2.40. The van der Waals surface area contributed by atoms with Crippen LogP contribution in [0.2, 0.25) is 0 Å². The second-order valence-corrected chi connectivity index (χ2v) is 16.5. The van der Waals surface area contributed by atoms with Gasteiger partial charge in [-0.05, 0) is 69.4 Å². The Hall–Kier alpha value is -3.50. The summed E-state index contributed by atoms with van der Waals surface area (Å²) in [6, 6.07) is 12.7. The van der Waals surface area contributed by atoms with Crippen molar-refractivity contribution in [3.05, 3.63) is 65.0 Å². The number of sulfonamides is 1. The minimum absolute atomic E-state index is 0.166. The predicted molar refractivity (Wildman–Crippen MR) is 172 cm³/mol. The van der Waals surface area contributed by atoms with E-state index in [2.05, 4.69) is 5.32 Å². The summed E-state index contributed by atoms with van der Waals surface area (Å²) in [5.41, 5.74) is -0.457. The third-order valence-corrected chi connectivity index (χ3v) is 13.2. The molecule has 13 nitrogen and oxygen atoms in total. The highest BCUT2D eigenvalue weighted by atomic mass is 32.2. The van der Waals surface area contributed by atoms with E-state index in [-0.39, 0.29) is 59.7 Å². The Balaban J connectivity index is 0.970. The summed E-state index contributed by atoms with van der Waals surface area (Å²) < 4.78 is 72.0. The largest absolute Gasteiger partial charge is 0.491 e. The molecule has 1 spiro atoms. The van der Waals surface area contributed by atoms with Crippen LogP contribution in [0.4, 0.5) is 4.79 Å². The van der Waals surface area contributed by atoms with Gasteiger partial charge in [-0.25, -0.2) is 21.6 Å². The zero-order valence-corrected chi connectivity index (χ0v) is 27.7. The van der Waals surface area contributed by atoms with E-state index in [1.807, 2.05) is 13.0 Å². The SMILES string of the molecule is CCn1cc(S(=O)(=O)N2CCC3(CC2)C[C@@H](NC(=O)OCC(O)COc2cccc(S(=O)(=O)C4CC4)c2)CO3)c(=O)c2ccccc21. The third kappa shape index (κ3) is 7.04. The number of aryl methyl sites for hydroxylation is 1. The van der Waals surface area contributed by atoms with Crippen LogP contribution in [0.25, 0.3) is 10.9 Å². The van der Waals surface area contributed by atoms with Crippen LogP contribution in [0, 0.1) is 0 Å². The van der Waals surface area contributed by atoms with E-state index < -0.39 is 43.1 Å². The van der Waals surface area contributed by atoms with Crippen LogP contribution in [0.1, 0.15) is 39.0 Å². The minimum Gasteiger partial charge on any atom is -0.491 e. The third-order valence-electron chi connectivity index (χ3n) is 9.02. The van der Waals surface area contributed by atoms with Crippen molar-refractivity contribution >= 4 is 36.9 Å². The second-order valence-electron chi connectivity index (χ2n) is 12.4. The molecule has 1 aliphatic carbocycles. The lowest BCUT2D eigenvalue weighted by atomic mass is 9.88. The molecule has 3 heterocycles. The van der Waals surface area contributed by atoms with Crippen LogP contribution >= 0.6 is 0 Å². The summed E-state index contributed by atoms with van der Waals surface area (Å²) in [7, 11) is -7.42. The Morgan fingerprint density at radius 1 is 1.09 bits per heavy atom. The maximum absolute atomic E-state index is 13.6. The molecule has 0 bridgehead atoms. The molecule has 2 saturated heterocycles. The van der Waals surface area contributed by atoms with E-state index in [4.69, 9.17) is 14.2 Å². The number of piperidine rings is 1. The number of para-hydroxylation sites is 1. The Morgan fingerprint density at radius 3 is 2.55 bits per heavy atom. The number of amides is 1. The molecule has 1 amide bonds. The summed E-state index contributed by atoms with van der Waals surface area (Å²) in [5.74, 6) is 0.290. The molecular formula is C32H39N3O10S2. The number of alkyl carbamates (subject to hydrolysis) is 1. The standard InChI is InChI=1S/C32H39N3O10S2/c1-2-34-18-29(30(37)27-8-3-4-9-28(27)34)47(41,42)35-14-12-32(13-15-35)17-22(19-45-32)33-31(38)44-21-23(36)20-43-24-6-5-7-26(16-24)46(39,40)25-10-11-25/h3-9,16,18,22-23,25,36H,2,10-15,17,19-21H2,1H3,(H,33,38)/t22-,23?/m1/s1. The molecule has 47 heavy (non-hydrogen) atoms. The van der Waals surface area contributed by atoms with Gasteiger partial charge in [0, 0.05) is 31.2 Å². The highest BCUT2D eigenvalue weighted by Gasteiger charge is 2.46. The van der Waals surface area contributed by atoms with Crippen LogP contribution in [-0.4, -0.2) is 92.8 Å². The molecule has 2 N–H and O–H groups in total. The van der Waals surface area contributed by atoms with Crippen LogP contribution in [0.5, 0.6) is 5.75 Å². The average Bonchev–Trinajstić information content (AvgIpc) is 3.87. The number of fused-ring (bicyclic) bond motifs is 1. The highest BCUT2D eigenvalue weighted by molar-refractivity contribution is 7.92. The van der Waals surface area contributed by atoms with Gasteiger partial charge >= 0.3 is 6.09 Å². The average molecular weight is 690 g/mol. The first-order valence-electron chi connectivity index (χ1n) is 15.8. The van der Waals surface area contributed by atoms with E-state index in [0.717, 1.165) is 0 Å². The molecule has 2 atom stereocenters. The Bertz CT molecular complexity index is 1920. The van der Waals surface area contributed by atoms with Crippen LogP contribution in [0.15, 0.2) is 69.3 Å². The molecule has 3 fully saturated rings. The number of rotatable bonds is 11. The molecule has 1 saturated carbocycles. The number of carbonyl (C=O) groups is 1. The normalized spacial score (nSPS) is 20.7. The van der Waals surface area contributed by atoms with Crippen molar-refractivity contribution in [1.82, 2.24) is 14.2 Å². The lowest BCUT2D eigenvalue weighted by Crippen LogP contribution is -2.47. The minimum atomic E-state index is -4.05. The lowest BCUT2D eigenvalue weighted by molar-refractivity contribution is -0.0312. The fourth-order valence-electron chi connectivity index (χ4n) is 6.26. The number of carbonyl (C=O) groups excluding carboxylic acids is 1. The lowest BCUT2D eigenvalue weighted by Gasteiger charge is -2.37. The van der Waals surface area contributed by atoms with Crippen LogP contribution in [0.3, 0.4) is 0 Å². The number of sulfone groups is 1. The Morgan fingerprint density at radius 2 is 1.83 bits per heavy atom. The topological polar surface area (TPSA) is 171 Å². The molecule has 3 aromatic rings. The molecule has 3 aliphatic rings. The quantitative estimate of drug-likeness (QED) is 0.305. The number of nitrogens with zero attached hydrogens (tertiary/aromatic N) is 2. The number of pyridine rings is 1. The van der Waals surface area contributed by atoms with E-state index >= 15 is 0 Å². The smallest absolute Gasteiger partial charge is 0.407 e. The maximum Gasteiger partial charge on any atom is 0.407 e. The number of ether oxygens (including phenoxy) is 3. The zero-order valence-electron chi connectivity index (χ0n) is 26.0.